The van der Waals surface area contributed by atoms with Crippen molar-refractivity contribution in [2.75, 3.05) is 6.61 Å². The van der Waals surface area contributed by atoms with Crippen LogP contribution in [0, 0.1) is 6.92 Å². The third-order valence-corrected chi connectivity index (χ3v) is 4.20. The fourth-order valence-corrected chi connectivity index (χ4v) is 2.52. The Bertz CT molecular complexity index is 928. The largest absolute Gasteiger partial charge is 0.494 e. The molecule has 3 rings (SSSR count). The van der Waals surface area contributed by atoms with E-state index in [0.29, 0.717) is 18.0 Å². The van der Waals surface area contributed by atoms with Crippen molar-refractivity contribution in [2.24, 2.45) is 5.10 Å². The number of rotatable bonds is 8. The highest BCUT2D eigenvalue weighted by Gasteiger charge is 2.10. The van der Waals surface area contributed by atoms with E-state index in [9.17, 15) is 4.79 Å². The first kappa shape index (κ1) is 19.4. The third kappa shape index (κ3) is 5.30. The molecular weight excluding hydrogens is 352 g/mol. The number of hydrogen-bond acceptors (Lipinski definition) is 4. The van der Waals surface area contributed by atoms with Crippen LogP contribution >= 0.6 is 0 Å². The van der Waals surface area contributed by atoms with Crippen LogP contribution in [-0.4, -0.2) is 28.9 Å². The second kappa shape index (κ2) is 9.50. The zero-order valence-corrected chi connectivity index (χ0v) is 16.1. The molecule has 0 bridgehead atoms. The lowest BCUT2D eigenvalue weighted by molar-refractivity contribution is 0.0950. The van der Waals surface area contributed by atoms with Gasteiger partial charge in [-0.3, -0.25) is 9.89 Å². The smallest absolute Gasteiger partial charge is 0.289 e. The number of hydrazone groups is 1. The van der Waals surface area contributed by atoms with E-state index in [0.717, 1.165) is 29.7 Å². The molecule has 0 radical (unpaired) electrons. The molecule has 144 valence electrons. The van der Waals surface area contributed by atoms with Gasteiger partial charge in [0.15, 0.2) is 0 Å². The number of unbranched alkanes of at least 4 members (excludes halogenated alkanes) is 1. The van der Waals surface area contributed by atoms with Gasteiger partial charge in [0.25, 0.3) is 5.91 Å². The maximum atomic E-state index is 12.2. The number of aryl methyl sites for hydroxylation is 1. The lowest BCUT2D eigenvalue weighted by atomic mass is 10.1. The number of carbonyl (C=O) groups is 1. The Kier molecular flexibility index (Phi) is 6.57. The molecule has 6 heteroatoms. The molecule has 0 saturated heterocycles. The van der Waals surface area contributed by atoms with Crippen LogP contribution in [-0.2, 0) is 0 Å². The fraction of sp³-hybridized carbons (Fsp3) is 0.227. The molecule has 6 nitrogen and oxygen atoms in total. The minimum atomic E-state index is -0.346. The molecule has 0 aliphatic heterocycles. The van der Waals surface area contributed by atoms with Gasteiger partial charge >= 0.3 is 0 Å². The summed E-state index contributed by atoms with van der Waals surface area (Å²) in [6, 6.07) is 17.2. The Balaban J connectivity index is 1.58. The Morgan fingerprint density at radius 1 is 1.18 bits per heavy atom. The van der Waals surface area contributed by atoms with Crippen molar-refractivity contribution in [1.29, 1.82) is 0 Å². The van der Waals surface area contributed by atoms with Crippen LogP contribution in [0.15, 0.2) is 59.7 Å². The number of nitrogens with one attached hydrogen (secondary N) is 2. The van der Waals surface area contributed by atoms with Crippen LogP contribution in [0.2, 0.25) is 0 Å². The Labute approximate surface area is 164 Å². The van der Waals surface area contributed by atoms with Crippen LogP contribution in [0.5, 0.6) is 5.75 Å². The van der Waals surface area contributed by atoms with E-state index in [1.807, 2.05) is 55.5 Å². The molecular formula is C22H24N4O2. The highest BCUT2D eigenvalue weighted by molar-refractivity contribution is 5.94. The summed E-state index contributed by atoms with van der Waals surface area (Å²) in [4.78, 5) is 12.2. The van der Waals surface area contributed by atoms with Crippen molar-refractivity contribution in [3.05, 3.63) is 71.4 Å². The number of nitrogens with zero attached hydrogens (tertiary/aromatic N) is 2. The number of aromatic nitrogens is 2. The molecule has 0 unspecified atom stereocenters. The lowest BCUT2D eigenvalue weighted by Gasteiger charge is -2.05. The molecule has 2 N–H and O–H groups in total. The van der Waals surface area contributed by atoms with Gasteiger partial charge in [-0.2, -0.15) is 10.2 Å². The van der Waals surface area contributed by atoms with E-state index < -0.39 is 0 Å². The third-order valence-electron chi connectivity index (χ3n) is 4.20. The van der Waals surface area contributed by atoms with Gasteiger partial charge in [0.2, 0.25) is 0 Å². The highest BCUT2D eigenvalue weighted by Crippen LogP contribution is 2.21. The summed E-state index contributed by atoms with van der Waals surface area (Å²) in [6.07, 6.45) is 3.74. The zero-order chi connectivity index (χ0) is 19.8. The van der Waals surface area contributed by atoms with Gasteiger partial charge in [0, 0.05) is 5.56 Å². The average molecular weight is 376 g/mol. The highest BCUT2D eigenvalue weighted by atomic mass is 16.5. The number of amides is 1. The van der Waals surface area contributed by atoms with Gasteiger partial charge in [-0.15, -0.1) is 0 Å². The first-order valence-corrected chi connectivity index (χ1v) is 9.34. The number of H-pyrrole nitrogens is 1. The second-order valence-corrected chi connectivity index (χ2v) is 6.50. The van der Waals surface area contributed by atoms with E-state index in [1.54, 1.807) is 12.3 Å². The fourth-order valence-electron chi connectivity index (χ4n) is 2.52. The molecule has 1 heterocycles. The summed E-state index contributed by atoms with van der Waals surface area (Å²) in [6.45, 7) is 4.86. The molecule has 0 fully saturated rings. The quantitative estimate of drug-likeness (QED) is 0.349. The monoisotopic (exact) mass is 376 g/mol. The Hall–Kier alpha value is -3.41. The summed E-state index contributed by atoms with van der Waals surface area (Å²) >= 11 is 0. The molecule has 1 amide bonds. The standard InChI is InChI=1S/C22H24N4O2/c1-3-4-13-28-19-11-9-18(10-12-19)20-14-21(25-24-20)22(27)26-23-15-17-7-5-16(2)6-8-17/h5-12,14-15H,3-4,13H2,1-2H3,(H,24,25)(H,26,27)/b23-15+. The first-order valence-electron chi connectivity index (χ1n) is 9.34. The van der Waals surface area contributed by atoms with E-state index in [1.165, 1.54) is 5.56 Å². The summed E-state index contributed by atoms with van der Waals surface area (Å²) in [5, 5.41) is 10.9. The van der Waals surface area contributed by atoms with Crippen LogP contribution in [0.4, 0.5) is 0 Å². The molecule has 0 atom stereocenters. The topological polar surface area (TPSA) is 79.4 Å². The summed E-state index contributed by atoms with van der Waals surface area (Å²) < 4.78 is 5.66. The van der Waals surface area contributed by atoms with Crippen molar-refractivity contribution in [2.45, 2.75) is 26.7 Å². The van der Waals surface area contributed by atoms with Crippen molar-refractivity contribution in [1.82, 2.24) is 15.6 Å². The van der Waals surface area contributed by atoms with Gasteiger partial charge in [-0.1, -0.05) is 43.2 Å². The lowest BCUT2D eigenvalue weighted by Crippen LogP contribution is -2.17. The number of ether oxygens (including phenoxy) is 1. The van der Waals surface area contributed by atoms with Gasteiger partial charge in [-0.25, -0.2) is 5.43 Å². The maximum absolute atomic E-state index is 12.2. The van der Waals surface area contributed by atoms with Crippen LogP contribution in [0.3, 0.4) is 0 Å². The minimum Gasteiger partial charge on any atom is -0.494 e. The van der Waals surface area contributed by atoms with E-state index in [2.05, 4.69) is 27.6 Å². The predicted molar refractivity (Wildman–Crippen MR) is 111 cm³/mol. The van der Waals surface area contributed by atoms with E-state index >= 15 is 0 Å². The Morgan fingerprint density at radius 2 is 1.93 bits per heavy atom. The summed E-state index contributed by atoms with van der Waals surface area (Å²) in [5.74, 6) is 0.484. The van der Waals surface area contributed by atoms with Crippen molar-refractivity contribution in [3.63, 3.8) is 0 Å². The molecule has 0 spiro atoms. The van der Waals surface area contributed by atoms with Crippen LogP contribution < -0.4 is 10.2 Å². The number of hydrogen-bond donors (Lipinski definition) is 2. The molecule has 1 aromatic heterocycles. The maximum Gasteiger partial charge on any atom is 0.289 e. The zero-order valence-electron chi connectivity index (χ0n) is 16.1. The van der Waals surface area contributed by atoms with Gasteiger partial charge in [0.1, 0.15) is 11.4 Å². The summed E-state index contributed by atoms with van der Waals surface area (Å²) in [5.41, 5.74) is 6.53. The van der Waals surface area contributed by atoms with Gasteiger partial charge < -0.3 is 4.74 Å². The number of benzene rings is 2. The molecule has 3 aromatic rings. The molecule has 28 heavy (non-hydrogen) atoms. The van der Waals surface area contributed by atoms with Crippen molar-refractivity contribution in [3.8, 4) is 17.0 Å². The number of carbonyl (C=O) groups excluding carboxylic acids is 1. The normalized spacial score (nSPS) is 10.9. The second-order valence-electron chi connectivity index (χ2n) is 6.50. The van der Waals surface area contributed by atoms with Crippen LogP contribution in [0.1, 0.15) is 41.4 Å². The molecule has 0 aliphatic rings. The van der Waals surface area contributed by atoms with Gasteiger partial charge in [-0.05, 0) is 49.2 Å². The average Bonchev–Trinajstić information content (AvgIpc) is 3.20. The minimum absolute atomic E-state index is 0.346. The van der Waals surface area contributed by atoms with E-state index in [4.69, 9.17) is 4.74 Å². The first-order chi connectivity index (χ1) is 13.7. The molecule has 0 aliphatic carbocycles. The van der Waals surface area contributed by atoms with Crippen molar-refractivity contribution < 1.29 is 9.53 Å². The van der Waals surface area contributed by atoms with E-state index in [-0.39, 0.29) is 5.91 Å². The summed E-state index contributed by atoms with van der Waals surface area (Å²) in [7, 11) is 0. The number of aromatic amines is 1. The van der Waals surface area contributed by atoms with Gasteiger partial charge in [0.05, 0.1) is 18.5 Å². The van der Waals surface area contributed by atoms with Crippen molar-refractivity contribution >= 4 is 12.1 Å². The van der Waals surface area contributed by atoms with Crippen LogP contribution in [0.25, 0.3) is 11.3 Å². The Morgan fingerprint density at radius 3 is 2.64 bits per heavy atom. The SMILES string of the molecule is CCCCOc1ccc(-c2cc(C(=O)N/N=C/c3ccc(C)cc3)[nH]n2)cc1. The molecule has 0 saturated carbocycles. The predicted octanol–water partition coefficient (Wildman–Crippen LogP) is 4.33. The molecule has 2 aromatic carbocycles.